The number of thiophene rings is 1. The molecule has 0 aliphatic heterocycles. The molecule has 2 N–H and O–H groups in total. The topological polar surface area (TPSA) is 67.4 Å². The zero-order valence-electron chi connectivity index (χ0n) is 17.1. The Kier molecular flexibility index (Phi) is 7.03. The van der Waals surface area contributed by atoms with Gasteiger partial charge in [0.1, 0.15) is 5.75 Å². The van der Waals surface area contributed by atoms with Gasteiger partial charge in [0, 0.05) is 17.8 Å². The molecule has 3 aromatic rings. The fourth-order valence-corrected chi connectivity index (χ4v) is 3.43. The van der Waals surface area contributed by atoms with Gasteiger partial charge in [-0.05, 0) is 46.7 Å². The smallest absolute Gasteiger partial charge is 0.265 e. The van der Waals surface area contributed by atoms with Crippen molar-refractivity contribution >= 4 is 40.6 Å². The Morgan fingerprint density at radius 2 is 1.80 bits per heavy atom. The van der Waals surface area contributed by atoms with Crippen molar-refractivity contribution in [3.8, 4) is 5.75 Å². The molecule has 6 heteroatoms. The molecule has 0 saturated carbocycles. The van der Waals surface area contributed by atoms with E-state index < -0.39 is 0 Å². The van der Waals surface area contributed by atoms with Crippen molar-refractivity contribution in [2.24, 2.45) is 0 Å². The third kappa shape index (κ3) is 5.58. The summed E-state index contributed by atoms with van der Waals surface area (Å²) in [6.45, 7) is 4.29. The number of hydrogen-bond acceptors (Lipinski definition) is 4. The van der Waals surface area contributed by atoms with Crippen LogP contribution in [0.2, 0.25) is 0 Å². The fraction of sp³-hybridized carbons (Fsp3) is 0.167. The molecule has 0 saturated heterocycles. The second kappa shape index (κ2) is 9.89. The lowest BCUT2D eigenvalue weighted by Crippen LogP contribution is -2.12. The van der Waals surface area contributed by atoms with Crippen LogP contribution in [0.1, 0.15) is 40.6 Å². The van der Waals surface area contributed by atoms with Gasteiger partial charge in [0.15, 0.2) is 0 Å². The van der Waals surface area contributed by atoms with Gasteiger partial charge >= 0.3 is 0 Å². The summed E-state index contributed by atoms with van der Waals surface area (Å²) in [5, 5.41) is 7.48. The van der Waals surface area contributed by atoms with Crippen molar-refractivity contribution < 1.29 is 14.3 Å². The van der Waals surface area contributed by atoms with Crippen molar-refractivity contribution in [1.82, 2.24) is 0 Å². The standard InChI is InChI=1S/C24H24N2O3S/c1-16(2)18-9-6-17(7-10-18)8-13-23(27)25-19-11-12-20(21(15-19)29-3)26-24(28)22-5-4-14-30-22/h4-16H,1-3H3,(H,25,27)(H,26,28)/b13-8+. The lowest BCUT2D eigenvalue weighted by molar-refractivity contribution is -0.111. The summed E-state index contributed by atoms with van der Waals surface area (Å²) >= 11 is 1.36. The predicted molar refractivity (Wildman–Crippen MR) is 123 cm³/mol. The Bertz CT molecular complexity index is 1040. The van der Waals surface area contributed by atoms with Crippen LogP contribution in [0.4, 0.5) is 11.4 Å². The number of rotatable bonds is 7. The number of carbonyl (C=O) groups is 2. The number of nitrogens with one attached hydrogen (secondary N) is 2. The van der Waals surface area contributed by atoms with E-state index in [-0.39, 0.29) is 11.8 Å². The summed E-state index contributed by atoms with van der Waals surface area (Å²) in [7, 11) is 1.52. The van der Waals surface area contributed by atoms with Gasteiger partial charge in [0.25, 0.3) is 5.91 Å². The molecule has 0 radical (unpaired) electrons. The molecule has 0 spiro atoms. The van der Waals surface area contributed by atoms with E-state index in [1.165, 1.54) is 30.1 Å². The van der Waals surface area contributed by atoms with Crippen LogP contribution in [0.15, 0.2) is 66.1 Å². The van der Waals surface area contributed by atoms with Gasteiger partial charge in [-0.1, -0.05) is 44.2 Å². The highest BCUT2D eigenvalue weighted by Crippen LogP contribution is 2.29. The number of amides is 2. The minimum Gasteiger partial charge on any atom is -0.494 e. The van der Waals surface area contributed by atoms with E-state index in [4.69, 9.17) is 4.74 Å². The molecule has 0 fully saturated rings. The zero-order valence-corrected chi connectivity index (χ0v) is 18.0. The maximum Gasteiger partial charge on any atom is 0.265 e. The minimum absolute atomic E-state index is 0.202. The Morgan fingerprint density at radius 3 is 2.43 bits per heavy atom. The van der Waals surface area contributed by atoms with Crippen LogP contribution < -0.4 is 15.4 Å². The van der Waals surface area contributed by atoms with Crippen LogP contribution in [0, 0.1) is 0 Å². The Balaban J connectivity index is 1.64. The third-order valence-corrected chi connectivity index (χ3v) is 5.36. The fourth-order valence-electron chi connectivity index (χ4n) is 2.81. The van der Waals surface area contributed by atoms with Crippen molar-refractivity contribution in [2.75, 3.05) is 17.7 Å². The Morgan fingerprint density at radius 1 is 1.03 bits per heavy atom. The van der Waals surface area contributed by atoms with Gasteiger partial charge in [0.05, 0.1) is 17.7 Å². The quantitative estimate of drug-likeness (QED) is 0.476. The first-order valence-electron chi connectivity index (χ1n) is 9.58. The second-order valence-corrected chi connectivity index (χ2v) is 7.94. The van der Waals surface area contributed by atoms with Crippen LogP contribution in [-0.4, -0.2) is 18.9 Å². The number of anilines is 2. The molecule has 0 atom stereocenters. The first-order valence-corrected chi connectivity index (χ1v) is 10.5. The highest BCUT2D eigenvalue weighted by Gasteiger charge is 2.11. The number of ether oxygens (including phenoxy) is 1. The molecule has 0 aliphatic rings. The van der Waals surface area contributed by atoms with E-state index in [9.17, 15) is 9.59 Å². The summed E-state index contributed by atoms with van der Waals surface area (Å²) < 4.78 is 5.36. The van der Waals surface area contributed by atoms with Crippen LogP contribution in [0.25, 0.3) is 6.08 Å². The zero-order chi connectivity index (χ0) is 21.5. The predicted octanol–water partition coefficient (Wildman–Crippen LogP) is 5.78. The van der Waals surface area contributed by atoms with E-state index in [0.717, 1.165) is 5.56 Å². The average molecular weight is 421 g/mol. The number of methoxy groups -OCH3 is 1. The highest BCUT2D eigenvalue weighted by atomic mass is 32.1. The van der Waals surface area contributed by atoms with Crippen molar-refractivity contribution in [2.45, 2.75) is 19.8 Å². The maximum atomic E-state index is 12.3. The number of hydrogen-bond donors (Lipinski definition) is 2. The molecule has 0 unspecified atom stereocenters. The van der Waals surface area contributed by atoms with E-state index in [1.54, 1.807) is 30.3 Å². The molecule has 2 aromatic carbocycles. The lowest BCUT2D eigenvalue weighted by Gasteiger charge is -2.12. The number of benzene rings is 2. The number of carbonyl (C=O) groups excluding carboxylic acids is 2. The monoisotopic (exact) mass is 420 g/mol. The Labute approximate surface area is 180 Å². The van der Waals surface area contributed by atoms with Gasteiger partial charge < -0.3 is 15.4 Å². The first kappa shape index (κ1) is 21.3. The highest BCUT2D eigenvalue weighted by molar-refractivity contribution is 7.12. The molecule has 2 amide bonds. The van der Waals surface area contributed by atoms with Crippen molar-refractivity contribution in [1.29, 1.82) is 0 Å². The van der Waals surface area contributed by atoms with Gasteiger partial charge in [-0.25, -0.2) is 0 Å². The lowest BCUT2D eigenvalue weighted by atomic mass is 10.0. The second-order valence-electron chi connectivity index (χ2n) is 6.99. The molecule has 3 rings (SSSR count). The molecule has 0 aliphatic carbocycles. The average Bonchev–Trinajstić information content (AvgIpc) is 3.28. The third-order valence-electron chi connectivity index (χ3n) is 4.49. The molecule has 1 aromatic heterocycles. The molecule has 30 heavy (non-hydrogen) atoms. The van der Waals surface area contributed by atoms with Crippen molar-refractivity contribution in [3.63, 3.8) is 0 Å². The largest absolute Gasteiger partial charge is 0.494 e. The molecular formula is C24H24N2O3S. The molecule has 1 heterocycles. The Hall–Kier alpha value is -3.38. The van der Waals surface area contributed by atoms with E-state index in [2.05, 4.69) is 36.6 Å². The SMILES string of the molecule is COc1cc(NC(=O)/C=C/c2ccc(C(C)C)cc2)ccc1NC(=O)c1cccs1. The van der Waals surface area contributed by atoms with E-state index in [1.807, 2.05) is 23.6 Å². The van der Waals surface area contributed by atoms with Crippen LogP contribution >= 0.6 is 11.3 Å². The first-order chi connectivity index (χ1) is 14.5. The van der Waals surface area contributed by atoms with E-state index >= 15 is 0 Å². The summed E-state index contributed by atoms with van der Waals surface area (Å²) in [5.74, 6) is 0.484. The van der Waals surface area contributed by atoms with Gasteiger partial charge in [-0.3, -0.25) is 9.59 Å². The normalized spacial score (nSPS) is 10.9. The summed E-state index contributed by atoms with van der Waals surface area (Å²) in [6, 6.07) is 16.8. The molecule has 0 bridgehead atoms. The van der Waals surface area contributed by atoms with Gasteiger partial charge in [-0.2, -0.15) is 0 Å². The maximum absolute atomic E-state index is 12.3. The van der Waals surface area contributed by atoms with Gasteiger partial charge in [-0.15, -0.1) is 11.3 Å². The minimum atomic E-state index is -0.250. The summed E-state index contributed by atoms with van der Waals surface area (Å²) in [4.78, 5) is 25.1. The molecule has 154 valence electrons. The summed E-state index contributed by atoms with van der Waals surface area (Å²) in [6.07, 6.45) is 3.26. The molecular weight excluding hydrogens is 396 g/mol. The van der Waals surface area contributed by atoms with Gasteiger partial charge in [0.2, 0.25) is 5.91 Å². The van der Waals surface area contributed by atoms with Crippen LogP contribution in [-0.2, 0) is 4.79 Å². The summed E-state index contributed by atoms with van der Waals surface area (Å²) in [5.41, 5.74) is 3.33. The van der Waals surface area contributed by atoms with Crippen LogP contribution in [0.3, 0.4) is 0 Å². The van der Waals surface area contributed by atoms with Crippen LogP contribution in [0.5, 0.6) is 5.75 Å². The van der Waals surface area contributed by atoms with E-state index in [0.29, 0.717) is 27.9 Å². The van der Waals surface area contributed by atoms with Crippen molar-refractivity contribution in [3.05, 3.63) is 82.1 Å². The molecule has 5 nitrogen and oxygen atoms in total.